The molecule has 0 amide bonds. The monoisotopic (exact) mass is 265 g/mol. The van der Waals surface area contributed by atoms with Crippen LogP contribution in [0, 0.1) is 10.1 Å². The normalized spacial score (nSPS) is 16.7. The van der Waals surface area contributed by atoms with Crippen LogP contribution in [-0.2, 0) is 11.3 Å². The number of nitro groups is 1. The van der Waals surface area contributed by atoms with Gasteiger partial charge in [0.1, 0.15) is 5.69 Å². The van der Waals surface area contributed by atoms with E-state index in [4.69, 9.17) is 10.5 Å². The van der Waals surface area contributed by atoms with Crippen LogP contribution in [0.15, 0.2) is 18.2 Å². The summed E-state index contributed by atoms with van der Waals surface area (Å²) in [4.78, 5) is 12.5. The number of rotatable bonds is 4. The molecule has 6 nitrogen and oxygen atoms in total. The number of benzene rings is 1. The van der Waals surface area contributed by atoms with Gasteiger partial charge in [-0.1, -0.05) is 6.07 Å². The van der Waals surface area contributed by atoms with E-state index in [-0.39, 0.29) is 11.4 Å². The lowest BCUT2D eigenvalue weighted by Gasteiger charge is -2.31. The fourth-order valence-corrected chi connectivity index (χ4v) is 2.41. The largest absolute Gasteiger partial charge is 0.393 e. The van der Waals surface area contributed by atoms with Gasteiger partial charge in [0.05, 0.1) is 4.92 Å². The second-order valence-electron chi connectivity index (χ2n) is 4.91. The van der Waals surface area contributed by atoms with Crippen LogP contribution in [0.3, 0.4) is 0 Å². The van der Waals surface area contributed by atoms with Gasteiger partial charge in [0, 0.05) is 31.9 Å². The van der Waals surface area contributed by atoms with E-state index < -0.39 is 4.92 Å². The zero-order valence-corrected chi connectivity index (χ0v) is 11.0. The minimum absolute atomic E-state index is 0.0301. The van der Waals surface area contributed by atoms with Crippen molar-refractivity contribution in [1.82, 2.24) is 4.90 Å². The van der Waals surface area contributed by atoms with Gasteiger partial charge in [0.2, 0.25) is 0 Å². The summed E-state index contributed by atoms with van der Waals surface area (Å²) in [5, 5.41) is 10.7. The van der Waals surface area contributed by atoms with E-state index in [9.17, 15) is 10.1 Å². The van der Waals surface area contributed by atoms with Crippen LogP contribution < -0.4 is 5.73 Å². The minimum atomic E-state index is -0.457. The zero-order valence-electron chi connectivity index (χ0n) is 11.0. The van der Waals surface area contributed by atoms with Gasteiger partial charge < -0.3 is 10.5 Å². The number of anilines is 1. The van der Waals surface area contributed by atoms with Crippen molar-refractivity contribution >= 4 is 11.4 Å². The predicted octanol–water partition coefficient (Wildman–Crippen LogP) is 1.79. The SMILES string of the molecule is CN(Cc1ccc([N+](=O)[O-])c(N)c1)C1CCOCC1. The Labute approximate surface area is 112 Å². The van der Waals surface area contributed by atoms with Crippen LogP contribution in [0.25, 0.3) is 0 Å². The van der Waals surface area contributed by atoms with Gasteiger partial charge in [-0.2, -0.15) is 0 Å². The second kappa shape index (κ2) is 5.99. The van der Waals surface area contributed by atoms with E-state index in [1.54, 1.807) is 12.1 Å². The molecule has 0 radical (unpaired) electrons. The van der Waals surface area contributed by atoms with Gasteiger partial charge >= 0.3 is 0 Å². The van der Waals surface area contributed by atoms with Crippen molar-refractivity contribution < 1.29 is 9.66 Å². The van der Waals surface area contributed by atoms with Crippen LogP contribution in [0.2, 0.25) is 0 Å². The predicted molar refractivity (Wildman–Crippen MR) is 72.8 cm³/mol. The van der Waals surface area contributed by atoms with Crippen molar-refractivity contribution in [2.45, 2.75) is 25.4 Å². The molecule has 1 heterocycles. The molecule has 2 rings (SSSR count). The average molecular weight is 265 g/mol. The number of hydrogen-bond acceptors (Lipinski definition) is 5. The summed E-state index contributed by atoms with van der Waals surface area (Å²) in [6, 6.07) is 5.44. The summed E-state index contributed by atoms with van der Waals surface area (Å²) in [7, 11) is 2.06. The van der Waals surface area contributed by atoms with Gasteiger partial charge in [0.15, 0.2) is 0 Å². The summed E-state index contributed by atoms with van der Waals surface area (Å²) in [5.41, 5.74) is 6.89. The highest BCUT2D eigenvalue weighted by molar-refractivity contribution is 5.59. The molecule has 6 heteroatoms. The molecule has 0 spiro atoms. The first kappa shape index (κ1) is 13.8. The summed E-state index contributed by atoms with van der Waals surface area (Å²) in [6.07, 6.45) is 2.05. The topological polar surface area (TPSA) is 81.6 Å². The Morgan fingerprint density at radius 2 is 2.16 bits per heavy atom. The van der Waals surface area contributed by atoms with Gasteiger partial charge in [-0.15, -0.1) is 0 Å². The highest BCUT2D eigenvalue weighted by Gasteiger charge is 2.19. The quantitative estimate of drug-likeness (QED) is 0.510. The smallest absolute Gasteiger partial charge is 0.292 e. The Bertz CT molecular complexity index is 458. The maximum atomic E-state index is 10.7. The van der Waals surface area contributed by atoms with Crippen molar-refractivity contribution in [2.24, 2.45) is 0 Å². The Morgan fingerprint density at radius 1 is 1.47 bits per heavy atom. The molecule has 1 aromatic carbocycles. The molecular weight excluding hydrogens is 246 g/mol. The van der Waals surface area contributed by atoms with Crippen LogP contribution in [0.4, 0.5) is 11.4 Å². The van der Waals surface area contributed by atoms with E-state index in [2.05, 4.69) is 11.9 Å². The van der Waals surface area contributed by atoms with Gasteiger partial charge in [-0.3, -0.25) is 15.0 Å². The Balaban J connectivity index is 2.02. The van der Waals surface area contributed by atoms with Crippen molar-refractivity contribution in [2.75, 3.05) is 26.0 Å². The lowest BCUT2D eigenvalue weighted by Crippen LogP contribution is -2.36. The lowest BCUT2D eigenvalue weighted by molar-refractivity contribution is -0.383. The van der Waals surface area contributed by atoms with Gasteiger partial charge in [-0.05, 0) is 31.5 Å². The molecule has 104 valence electrons. The standard InChI is InChI=1S/C13H19N3O3/c1-15(11-4-6-19-7-5-11)9-10-2-3-13(16(17)18)12(14)8-10/h2-3,8,11H,4-7,9,14H2,1H3. The molecule has 0 bridgehead atoms. The molecule has 1 aliphatic rings. The van der Waals surface area contributed by atoms with E-state index in [0.29, 0.717) is 6.04 Å². The Kier molecular flexibility index (Phi) is 4.34. The first-order chi connectivity index (χ1) is 9.08. The lowest BCUT2D eigenvalue weighted by atomic mass is 10.1. The second-order valence-corrected chi connectivity index (χ2v) is 4.91. The maximum Gasteiger partial charge on any atom is 0.292 e. The number of nitrogens with two attached hydrogens (primary N) is 1. The highest BCUT2D eigenvalue weighted by atomic mass is 16.6. The van der Waals surface area contributed by atoms with E-state index in [1.165, 1.54) is 6.07 Å². The number of ether oxygens (including phenoxy) is 1. The molecule has 1 fully saturated rings. The Hall–Kier alpha value is -1.66. The number of nitro benzene ring substituents is 1. The van der Waals surface area contributed by atoms with Crippen LogP contribution in [0.5, 0.6) is 0 Å². The van der Waals surface area contributed by atoms with E-state index >= 15 is 0 Å². The van der Waals surface area contributed by atoms with Gasteiger partial charge in [0.25, 0.3) is 5.69 Å². The summed E-state index contributed by atoms with van der Waals surface area (Å²) >= 11 is 0. The Morgan fingerprint density at radius 3 is 2.74 bits per heavy atom. The first-order valence-corrected chi connectivity index (χ1v) is 6.38. The molecule has 1 saturated heterocycles. The molecule has 1 aromatic rings. The average Bonchev–Trinajstić information content (AvgIpc) is 2.39. The third-order valence-electron chi connectivity index (χ3n) is 3.53. The van der Waals surface area contributed by atoms with Crippen molar-refractivity contribution in [3.8, 4) is 0 Å². The molecule has 2 N–H and O–H groups in total. The molecule has 0 atom stereocenters. The molecule has 0 aromatic heterocycles. The van der Waals surface area contributed by atoms with Crippen LogP contribution in [-0.4, -0.2) is 36.1 Å². The molecule has 19 heavy (non-hydrogen) atoms. The van der Waals surface area contributed by atoms with Crippen molar-refractivity contribution in [3.63, 3.8) is 0 Å². The summed E-state index contributed by atoms with van der Waals surface area (Å²) in [6.45, 7) is 2.35. The third kappa shape index (κ3) is 3.42. The number of nitrogen functional groups attached to an aromatic ring is 1. The van der Waals surface area contributed by atoms with E-state index in [1.807, 2.05) is 0 Å². The van der Waals surface area contributed by atoms with Crippen LogP contribution in [0.1, 0.15) is 18.4 Å². The number of nitrogens with zero attached hydrogens (tertiary/aromatic N) is 2. The molecule has 0 saturated carbocycles. The summed E-state index contributed by atoms with van der Waals surface area (Å²) < 4.78 is 5.34. The maximum absolute atomic E-state index is 10.7. The summed E-state index contributed by atoms with van der Waals surface area (Å²) in [5.74, 6) is 0. The highest BCUT2D eigenvalue weighted by Crippen LogP contribution is 2.23. The van der Waals surface area contributed by atoms with Crippen molar-refractivity contribution in [1.29, 1.82) is 0 Å². The van der Waals surface area contributed by atoms with Gasteiger partial charge in [-0.25, -0.2) is 0 Å². The fraction of sp³-hybridized carbons (Fsp3) is 0.538. The molecular formula is C13H19N3O3. The third-order valence-corrected chi connectivity index (χ3v) is 3.53. The first-order valence-electron chi connectivity index (χ1n) is 6.38. The molecule has 0 unspecified atom stereocenters. The molecule has 1 aliphatic heterocycles. The fourth-order valence-electron chi connectivity index (χ4n) is 2.41. The van der Waals surface area contributed by atoms with Crippen LogP contribution >= 0.6 is 0 Å². The zero-order chi connectivity index (χ0) is 13.8. The molecule has 0 aliphatic carbocycles. The van der Waals surface area contributed by atoms with Crippen molar-refractivity contribution in [3.05, 3.63) is 33.9 Å². The van der Waals surface area contributed by atoms with E-state index in [0.717, 1.165) is 38.2 Å². The minimum Gasteiger partial charge on any atom is -0.393 e. The number of hydrogen-bond donors (Lipinski definition) is 1.